The summed E-state index contributed by atoms with van der Waals surface area (Å²) in [6.07, 6.45) is 68.5. The lowest BCUT2D eigenvalue weighted by molar-refractivity contribution is -0.870. The van der Waals surface area contributed by atoms with E-state index in [1.165, 1.54) is 83.5 Å². The summed E-state index contributed by atoms with van der Waals surface area (Å²) < 4.78 is 34.0. The van der Waals surface area contributed by atoms with Gasteiger partial charge in [0.2, 0.25) is 0 Å². The van der Waals surface area contributed by atoms with Gasteiger partial charge in [-0.05, 0) is 77.0 Å². The molecule has 394 valence electrons. The van der Waals surface area contributed by atoms with Gasteiger partial charge in [0.05, 0.1) is 27.7 Å². The Morgan fingerprint density at radius 3 is 1.22 bits per heavy atom. The molecule has 0 aromatic heterocycles. The van der Waals surface area contributed by atoms with Crippen molar-refractivity contribution in [3.05, 3.63) is 109 Å². The van der Waals surface area contributed by atoms with Crippen molar-refractivity contribution in [1.82, 2.24) is 0 Å². The van der Waals surface area contributed by atoms with Crippen LogP contribution in [0.5, 0.6) is 0 Å². The molecule has 0 aliphatic heterocycles. The second kappa shape index (κ2) is 49.6. The maximum atomic E-state index is 12.7. The van der Waals surface area contributed by atoms with Crippen LogP contribution in [0, 0.1) is 0 Å². The lowest BCUT2D eigenvalue weighted by Crippen LogP contribution is -2.37. The van der Waals surface area contributed by atoms with Crippen molar-refractivity contribution >= 4 is 19.8 Å². The number of unbranched alkanes of at least 4 members (excludes halogenated alkanes) is 16. The molecule has 0 fully saturated rings. The summed E-state index contributed by atoms with van der Waals surface area (Å²) in [5.41, 5.74) is 0. The van der Waals surface area contributed by atoms with Crippen LogP contribution in [0.1, 0.15) is 200 Å². The molecule has 0 radical (unpaired) electrons. The molecule has 0 rings (SSSR count). The van der Waals surface area contributed by atoms with Crippen molar-refractivity contribution in [2.24, 2.45) is 0 Å². The maximum absolute atomic E-state index is 12.7. The third-order valence-corrected chi connectivity index (χ3v) is 12.0. The second-order valence-electron chi connectivity index (χ2n) is 18.9. The summed E-state index contributed by atoms with van der Waals surface area (Å²) in [7, 11) is 1.12. The predicted molar refractivity (Wildman–Crippen MR) is 291 cm³/mol. The Balaban J connectivity index is 4.35. The molecule has 69 heavy (non-hydrogen) atoms. The van der Waals surface area contributed by atoms with E-state index in [0.29, 0.717) is 23.9 Å². The molecule has 0 spiro atoms. The van der Waals surface area contributed by atoms with Gasteiger partial charge in [0.1, 0.15) is 19.8 Å². The van der Waals surface area contributed by atoms with Crippen molar-refractivity contribution in [3.63, 3.8) is 0 Å². The standard InChI is InChI=1S/C59H100NO8P/c1-6-8-10-12-14-16-18-20-22-24-25-26-27-28-29-30-31-32-33-34-35-36-38-40-42-44-46-48-50-52-59(62)68-57(56-67-69(63,64)66-54-53-60(3,4)5)55-65-58(61)51-49-47-45-43-41-39-37-23-21-19-17-15-13-11-9-7-2/h8,10,14,16,20,22,25-26,28-29,31-32,34-35,38,40,44,46,57H,6-7,9,11-13,15,17-19,21,23-24,27,30,33,36-37,39,41-43,45,47-56H2,1-5H3/b10-8-,16-14-,22-20-,26-25-,29-28-,32-31-,35-34-,40-38-,46-44-. The Morgan fingerprint density at radius 2 is 0.826 bits per heavy atom. The maximum Gasteiger partial charge on any atom is 0.306 e. The molecule has 2 atom stereocenters. The number of ether oxygens (including phenoxy) is 2. The summed E-state index contributed by atoms with van der Waals surface area (Å²) >= 11 is 0. The van der Waals surface area contributed by atoms with Crippen LogP contribution >= 0.6 is 7.82 Å². The van der Waals surface area contributed by atoms with Crippen molar-refractivity contribution in [3.8, 4) is 0 Å². The minimum Gasteiger partial charge on any atom is -0.756 e. The molecule has 0 heterocycles. The number of esters is 2. The number of likely N-dealkylation sites (N-methyl/N-ethyl adjacent to an activating group) is 1. The third kappa shape index (κ3) is 53.9. The fraction of sp³-hybridized carbons (Fsp3) is 0.661. The lowest BCUT2D eigenvalue weighted by atomic mass is 10.0. The van der Waals surface area contributed by atoms with Gasteiger partial charge in [0.25, 0.3) is 7.82 Å². The molecule has 0 saturated heterocycles. The van der Waals surface area contributed by atoms with E-state index in [4.69, 9.17) is 18.5 Å². The van der Waals surface area contributed by atoms with E-state index in [1.807, 2.05) is 27.2 Å². The topological polar surface area (TPSA) is 111 Å². The Bertz CT molecular complexity index is 1530. The van der Waals surface area contributed by atoms with Gasteiger partial charge >= 0.3 is 11.9 Å². The Kier molecular flexibility index (Phi) is 47.2. The molecule has 0 saturated carbocycles. The smallest absolute Gasteiger partial charge is 0.306 e. The zero-order valence-electron chi connectivity index (χ0n) is 44.5. The largest absolute Gasteiger partial charge is 0.756 e. The Labute approximate surface area is 423 Å². The van der Waals surface area contributed by atoms with E-state index >= 15 is 0 Å². The van der Waals surface area contributed by atoms with Crippen LogP contribution in [0.25, 0.3) is 0 Å². The first kappa shape index (κ1) is 65.7. The highest BCUT2D eigenvalue weighted by atomic mass is 31.2. The SMILES string of the molecule is CC/C=C\C/C=C\C/C=C\C/C=C\C/C=C\C/C=C\C/C=C\C/C=C\C/C=C\CCCC(=O)OC(COC(=O)CCCCCCCCCCCCCCCCCC)COP(=O)([O-])OCC[N+](C)(C)C. The van der Waals surface area contributed by atoms with Gasteiger partial charge in [-0.25, -0.2) is 0 Å². The van der Waals surface area contributed by atoms with Crippen molar-refractivity contribution in [2.75, 3.05) is 47.5 Å². The minimum absolute atomic E-state index is 0.0465. The van der Waals surface area contributed by atoms with Gasteiger partial charge in [0, 0.05) is 12.8 Å². The summed E-state index contributed by atoms with van der Waals surface area (Å²) in [5.74, 6) is -0.907. The number of nitrogens with zero attached hydrogens (tertiary/aromatic N) is 1. The molecule has 0 aromatic carbocycles. The molecule has 0 bridgehead atoms. The van der Waals surface area contributed by atoms with Gasteiger partial charge < -0.3 is 27.9 Å². The van der Waals surface area contributed by atoms with Crippen LogP contribution in [-0.4, -0.2) is 70.0 Å². The number of carbonyl (C=O) groups is 2. The van der Waals surface area contributed by atoms with Gasteiger partial charge in [-0.2, -0.15) is 0 Å². The first-order valence-electron chi connectivity index (χ1n) is 27.1. The van der Waals surface area contributed by atoms with Gasteiger partial charge in [0.15, 0.2) is 6.10 Å². The quantitative estimate of drug-likeness (QED) is 0.0195. The number of hydrogen-bond acceptors (Lipinski definition) is 8. The fourth-order valence-electron chi connectivity index (χ4n) is 6.89. The van der Waals surface area contributed by atoms with Crippen LogP contribution in [0.2, 0.25) is 0 Å². The van der Waals surface area contributed by atoms with E-state index < -0.39 is 32.5 Å². The number of phosphoric ester groups is 1. The molecule has 2 unspecified atom stereocenters. The number of hydrogen-bond donors (Lipinski definition) is 0. The average Bonchev–Trinajstić information content (AvgIpc) is 3.31. The summed E-state index contributed by atoms with van der Waals surface area (Å²) in [5, 5.41) is 0. The molecule has 9 nitrogen and oxygen atoms in total. The first-order valence-corrected chi connectivity index (χ1v) is 28.6. The zero-order valence-corrected chi connectivity index (χ0v) is 45.4. The highest BCUT2D eigenvalue weighted by Crippen LogP contribution is 2.38. The van der Waals surface area contributed by atoms with Gasteiger partial charge in [-0.15, -0.1) is 0 Å². The second-order valence-corrected chi connectivity index (χ2v) is 20.3. The zero-order chi connectivity index (χ0) is 50.6. The van der Waals surface area contributed by atoms with Gasteiger partial charge in [-0.3, -0.25) is 14.2 Å². The summed E-state index contributed by atoms with van der Waals surface area (Å²) in [4.78, 5) is 37.7. The fourth-order valence-corrected chi connectivity index (χ4v) is 7.62. The molecule has 0 amide bonds. The lowest BCUT2D eigenvalue weighted by Gasteiger charge is -2.28. The Hall–Kier alpha value is -3.33. The Morgan fingerprint density at radius 1 is 0.464 bits per heavy atom. The summed E-state index contributed by atoms with van der Waals surface area (Å²) in [6.45, 7) is 4.05. The molecule has 0 N–H and O–H groups in total. The van der Waals surface area contributed by atoms with E-state index in [-0.39, 0.29) is 26.1 Å². The van der Waals surface area contributed by atoms with E-state index in [9.17, 15) is 19.0 Å². The summed E-state index contributed by atoms with van der Waals surface area (Å²) in [6, 6.07) is 0. The van der Waals surface area contributed by atoms with Crippen LogP contribution in [-0.2, 0) is 32.7 Å². The molecule has 0 aliphatic rings. The van der Waals surface area contributed by atoms with Crippen molar-refractivity contribution in [2.45, 2.75) is 206 Å². The normalized spacial score (nSPS) is 14.2. The number of rotatable bonds is 48. The van der Waals surface area contributed by atoms with Crippen molar-refractivity contribution < 1.29 is 42.1 Å². The van der Waals surface area contributed by atoms with Crippen LogP contribution in [0.4, 0.5) is 0 Å². The van der Waals surface area contributed by atoms with Gasteiger partial charge in [-0.1, -0.05) is 220 Å². The number of quaternary nitrogens is 1. The molecular weight excluding hydrogens is 882 g/mol. The van der Waals surface area contributed by atoms with Crippen LogP contribution in [0.15, 0.2) is 109 Å². The van der Waals surface area contributed by atoms with E-state index in [2.05, 4.69) is 117 Å². The third-order valence-electron chi connectivity index (χ3n) is 11.1. The van der Waals surface area contributed by atoms with E-state index in [1.54, 1.807) is 0 Å². The molecule has 10 heteroatoms. The monoisotopic (exact) mass is 982 g/mol. The van der Waals surface area contributed by atoms with E-state index in [0.717, 1.165) is 77.0 Å². The molecule has 0 aliphatic carbocycles. The predicted octanol–water partition coefficient (Wildman–Crippen LogP) is 16.0. The number of phosphoric acid groups is 1. The number of carbonyl (C=O) groups excluding carboxylic acids is 2. The molecule has 0 aromatic rings. The highest BCUT2D eigenvalue weighted by molar-refractivity contribution is 7.45. The number of allylic oxidation sites excluding steroid dienone is 18. The minimum atomic E-state index is -4.65. The van der Waals surface area contributed by atoms with Crippen LogP contribution < -0.4 is 4.89 Å². The molecular formula is C59H100NO8P. The van der Waals surface area contributed by atoms with Crippen molar-refractivity contribution in [1.29, 1.82) is 0 Å². The highest BCUT2D eigenvalue weighted by Gasteiger charge is 2.21. The first-order chi connectivity index (χ1) is 33.5. The average molecular weight is 982 g/mol. The van der Waals surface area contributed by atoms with Crippen LogP contribution in [0.3, 0.4) is 0 Å².